The topological polar surface area (TPSA) is 26.3 Å². The molecule has 17 heavy (non-hydrogen) atoms. The first-order chi connectivity index (χ1) is 7.83. The lowest BCUT2D eigenvalue weighted by Crippen LogP contribution is -2.24. The summed E-state index contributed by atoms with van der Waals surface area (Å²) in [7, 11) is 0. The molecule has 0 saturated carbocycles. The molecule has 1 aromatic carbocycles. The van der Waals surface area contributed by atoms with Crippen molar-refractivity contribution in [1.29, 1.82) is 0 Å². The van der Waals surface area contributed by atoms with Crippen molar-refractivity contribution < 1.29 is 9.53 Å². The summed E-state index contributed by atoms with van der Waals surface area (Å²) in [6.45, 7) is 12.9. The van der Waals surface area contributed by atoms with Gasteiger partial charge in [0, 0.05) is 0 Å². The van der Waals surface area contributed by atoms with E-state index in [0.29, 0.717) is 5.57 Å². The van der Waals surface area contributed by atoms with E-state index >= 15 is 0 Å². The number of esters is 1. The maximum atomic E-state index is 11.8. The minimum absolute atomic E-state index is 0.371. The minimum Gasteiger partial charge on any atom is -0.456 e. The first kappa shape index (κ1) is 13.2. The van der Waals surface area contributed by atoms with Crippen LogP contribution in [-0.4, -0.2) is 11.6 Å². The first-order valence-corrected chi connectivity index (χ1v) is 5.48. The van der Waals surface area contributed by atoms with Crippen LogP contribution in [0.3, 0.4) is 0 Å². The monoisotopic (exact) mass is 230 g/mol. The van der Waals surface area contributed by atoms with Gasteiger partial charge in [0.1, 0.15) is 5.60 Å². The summed E-state index contributed by atoms with van der Waals surface area (Å²) in [4.78, 5) is 11.8. The summed E-state index contributed by atoms with van der Waals surface area (Å²) >= 11 is 0. The second kappa shape index (κ2) is 5.00. The van der Waals surface area contributed by atoms with Crippen LogP contribution in [0, 0.1) is 0 Å². The van der Waals surface area contributed by atoms with Crippen LogP contribution in [0.2, 0.25) is 0 Å². The van der Waals surface area contributed by atoms with Crippen LogP contribution in [0.1, 0.15) is 31.9 Å². The maximum Gasteiger partial charge on any atom is 0.338 e. The zero-order chi connectivity index (χ0) is 13.1. The maximum absolute atomic E-state index is 11.8. The molecule has 0 fully saturated rings. The van der Waals surface area contributed by atoms with E-state index in [1.807, 2.05) is 45.0 Å². The number of rotatable bonds is 3. The van der Waals surface area contributed by atoms with Gasteiger partial charge in [-0.15, -0.1) is 0 Å². The molecule has 2 heteroatoms. The fraction of sp³-hybridized carbons (Fsp3) is 0.267. The van der Waals surface area contributed by atoms with Crippen molar-refractivity contribution in [2.75, 3.05) is 0 Å². The molecule has 0 bridgehead atoms. The van der Waals surface area contributed by atoms with Crippen LogP contribution >= 0.6 is 0 Å². The van der Waals surface area contributed by atoms with E-state index < -0.39 is 5.60 Å². The van der Waals surface area contributed by atoms with Crippen molar-refractivity contribution in [2.24, 2.45) is 0 Å². The molecule has 0 heterocycles. The van der Waals surface area contributed by atoms with E-state index in [0.717, 1.165) is 11.1 Å². The second-order valence-electron chi connectivity index (χ2n) is 4.81. The Morgan fingerprint density at radius 1 is 1.24 bits per heavy atom. The SMILES string of the molecule is C=Cc1ccc(C(=C)C(=O)OC(C)(C)C)cc1. The third-order valence-corrected chi connectivity index (χ3v) is 2.14. The number of hydrogen-bond acceptors (Lipinski definition) is 2. The highest BCUT2D eigenvalue weighted by atomic mass is 16.6. The largest absolute Gasteiger partial charge is 0.456 e. The summed E-state index contributed by atoms with van der Waals surface area (Å²) in [6, 6.07) is 7.45. The fourth-order valence-electron chi connectivity index (χ4n) is 1.28. The van der Waals surface area contributed by atoms with Crippen LogP contribution in [0.5, 0.6) is 0 Å². The van der Waals surface area contributed by atoms with Gasteiger partial charge in [-0.25, -0.2) is 4.79 Å². The van der Waals surface area contributed by atoms with E-state index in [2.05, 4.69) is 13.2 Å². The highest BCUT2D eigenvalue weighted by molar-refractivity contribution is 6.15. The van der Waals surface area contributed by atoms with Gasteiger partial charge in [0.25, 0.3) is 0 Å². The Labute approximate surface area is 103 Å². The Morgan fingerprint density at radius 2 is 1.76 bits per heavy atom. The molecule has 0 unspecified atom stereocenters. The van der Waals surface area contributed by atoms with Crippen LogP contribution < -0.4 is 0 Å². The molecule has 0 amide bonds. The third kappa shape index (κ3) is 3.91. The molecular formula is C15H18O2. The number of benzene rings is 1. The van der Waals surface area contributed by atoms with Gasteiger partial charge < -0.3 is 4.74 Å². The van der Waals surface area contributed by atoms with E-state index in [1.54, 1.807) is 6.08 Å². The summed E-state index contributed by atoms with van der Waals surface area (Å²) in [5, 5.41) is 0. The lowest BCUT2D eigenvalue weighted by Gasteiger charge is -2.20. The molecule has 0 aliphatic heterocycles. The Balaban J connectivity index is 2.82. The van der Waals surface area contributed by atoms with Crippen molar-refractivity contribution in [3.05, 3.63) is 48.6 Å². The highest BCUT2D eigenvalue weighted by Crippen LogP contribution is 2.18. The molecule has 0 aliphatic carbocycles. The van der Waals surface area contributed by atoms with Crippen molar-refractivity contribution >= 4 is 17.6 Å². The van der Waals surface area contributed by atoms with Gasteiger partial charge in [-0.1, -0.05) is 43.5 Å². The third-order valence-electron chi connectivity index (χ3n) is 2.14. The summed E-state index contributed by atoms with van der Waals surface area (Å²) in [6.07, 6.45) is 1.75. The van der Waals surface area contributed by atoms with E-state index in [9.17, 15) is 4.79 Å². The van der Waals surface area contributed by atoms with E-state index in [1.165, 1.54) is 0 Å². The average Bonchev–Trinajstić information content (AvgIpc) is 2.26. The van der Waals surface area contributed by atoms with Crippen molar-refractivity contribution in [1.82, 2.24) is 0 Å². The quantitative estimate of drug-likeness (QED) is 0.585. The molecule has 2 nitrogen and oxygen atoms in total. The number of hydrogen-bond donors (Lipinski definition) is 0. The summed E-state index contributed by atoms with van der Waals surface area (Å²) < 4.78 is 5.25. The number of carbonyl (C=O) groups is 1. The van der Waals surface area contributed by atoms with Gasteiger partial charge >= 0.3 is 5.97 Å². The molecule has 1 rings (SSSR count). The van der Waals surface area contributed by atoms with E-state index in [4.69, 9.17) is 4.74 Å². The molecule has 0 atom stereocenters. The predicted molar refractivity (Wildman–Crippen MR) is 71.4 cm³/mol. The van der Waals surface area contributed by atoms with Crippen molar-refractivity contribution in [3.8, 4) is 0 Å². The van der Waals surface area contributed by atoms with Gasteiger partial charge in [0.05, 0.1) is 5.57 Å². The number of ether oxygens (including phenoxy) is 1. The molecule has 90 valence electrons. The van der Waals surface area contributed by atoms with Crippen LogP contribution in [-0.2, 0) is 9.53 Å². The van der Waals surface area contributed by atoms with Gasteiger partial charge in [-0.3, -0.25) is 0 Å². The highest BCUT2D eigenvalue weighted by Gasteiger charge is 2.19. The molecule has 1 aromatic rings. The van der Waals surface area contributed by atoms with Crippen LogP contribution in [0.4, 0.5) is 0 Å². The van der Waals surface area contributed by atoms with Gasteiger partial charge in [-0.2, -0.15) is 0 Å². The second-order valence-corrected chi connectivity index (χ2v) is 4.81. The normalized spacial score (nSPS) is 10.8. The van der Waals surface area contributed by atoms with Crippen molar-refractivity contribution in [3.63, 3.8) is 0 Å². The molecule has 0 aliphatic rings. The van der Waals surface area contributed by atoms with E-state index in [-0.39, 0.29) is 5.97 Å². The Morgan fingerprint density at radius 3 is 2.18 bits per heavy atom. The molecule has 0 spiro atoms. The average molecular weight is 230 g/mol. The number of carbonyl (C=O) groups excluding carboxylic acids is 1. The molecule has 0 saturated heterocycles. The lowest BCUT2D eigenvalue weighted by atomic mass is 10.1. The van der Waals surface area contributed by atoms with Crippen molar-refractivity contribution in [2.45, 2.75) is 26.4 Å². The van der Waals surface area contributed by atoms with Gasteiger partial charge in [-0.05, 0) is 31.9 Å². The van der Waals surface area contributed by atoms with Gasteiger partial charge in [0.2, 0.25) is 0 Å². The standard InChI is InChI=1S/C15H18O2/c1-6-12-7-9-13(10-8-12)11(2)14(16)17-15(3,4)5/h6-10H,1-2H2,3-5H3. The predicted octanol–water partition coefficient (Wildman–Crippen LogP) is 3.68. The Kier molecular flexibility index (Phi) is 3.89. The van der Waals surface area contributed by atoms with Gasteiger partial charge in [0.15, 0.2) is 0 Å². The smallest absolute Gasteiger partial charge is 0.338 e. The molecular weight excluding hydrogens is 212 g/mol. The van der Waals surface area contributed by atoms with Crippen LogP contribution in [0.15, 0.2) is 37.4 Å². The Hall–Kier alpha value is -1.83. The summed E-state index contributed by atoms with van der Waals surface area (Å²) in [5.41, 5.74) is 1.65. The molecule has 0 aromatic heterocycles. The summed E-state index contributed by atoms with van der Waals surface area (Å²) in [5.74, 6) is -0.385. The minimum atomic E-state index is -0.499. The molecule has 0 N–H and O–H groups in total. The zero-order valence-corrected chi connectivity index (χ0v) is 10.6. The van der Waals surface area contributed by atoms with Crippen LogP contribution in [0.25, 0.3) is 11.6 Å². The lowest BCUT2D eigenvalue weighted by molar-refractivity contribution is -0.147. The first-order valence-electron chi connectivity index (χ1n) is 5.48. The fourth-order valence-corrected chi connectivity index (χ4v) is 1.28. The Bertz CT molecular complexity index is 433. The zero-order valence-electron chi connectivity index (χ0n) is 10.6. The molecule has 0 radical (unpaired) electrons.